The van der Waals surface area contributed by atoms with Gasteiger partial charge in [0.2, 0.25) is 5.91 Å². The minimum absolute atomic E-state index is 0.0150. The first-order valence-electron chi connectivity index (χ1n) is 7.94. The Balaban J connectivity index is 1.95. The number of carbonyl (C=O) groups is 2. The van der Waals surface area contributed by atoms with Crippen LogP contribution in [-0.4, -0.2) is 66.6 Å². The standard InChI is InChI=1S/C16H23FN4O3/c1-12(13-4-5-18-10-14(13)17)19-16(23)21-7-3-6-20(8-9-24-2)15(22)11-21/h4-5,10,12H,3,6-9,11H2,1-2H3,(H,19,23)/t12-/m0/s1. The Labute approximate surface area is 140 Å². The van der Waals surface area contributed by atoms with Crippen molar-refractivity contribution in [2.45, 2.75) is 19.4 Å². The maximum absolute atomic E-state index is 13.7. The van der Waals surface area contributed by atoms with Gasteiger partial charge in [0.15, 0.2) is 0 Å². The summed E-state index contributed by atoms with van der Waals surface area (Å²) in [5.74, 6) is -0.578. The Morgan fingerprint density at radius 2 is 2.29 bits per heavy atom. The number of hydrogen-bond donors (Lipinski definition) is 1. The molecule has 1 saturated heterocycles. The van der Waals surface area contributed by atoms with Gasteiger partial charge in [-0.3, -0.25) is 9.78 Å². The second kappa shape index (κ2) is 8.58. The molecule has 1 aliphatic heterocycles. The molecular formula is C16H23FN4O3. The molecule has 1 fully saturated rings. The van der Waals surface area contributed by atoms with E-state index in [0.717, 1.165) is 6.20 Å². The van der Waals surface area contributed by atoms with Crippen molar-refractivity contribution in [1.29, 1.82) is 0 Å². The van der Waals surface area contributed by atoms with Crippen molar-refractivity contribution in [3.63, 3.8) is 0 Å². The van der Waals surface area contributed by atoms with Gasteiger partial charge in [-0.05, 0) is 19.4 Å². The summed E-state index contributed by atoms with van der Waals surface area (Å²) in [6, 6.07) is 0.643. The number of nitrogens with one attached hydrogen (secondary N) is 1. The maximum atomic E-state index is 13.7. The van der Waals surface area contributed by atoms with E-state index in [-0.39, 0.29) is 18.5 Å². The van der Waals surface area contributed by atoms with Crippen molar-refractivity contribution in [2.24, 2.45) is 0 Å². The van der Waals surface area contributed by atoms with Crippen LogP contribution in [0.3, 0.4) is 0 Å². The Morgan fingerprint density at radius 3 is 3.00 bits per heavy atom. The summed E-state index contributed by atoms with van der Waals surface area (Å²) in [6.07, 6.45) is 3.28. The molecule has 1 atom stereocenters. The van der Waals surface area contributed by atoms with Crippen molar-refractivity contribution in [1.82, 2.24) is 20.1 Å². The quantitative estimate of drug-likeness (QED) is 0.875. The summed E-state index contributed by atoms with van der Waals surface area (Å²) >= 11 is 0. The van der Waals surface area contributed by atoms with Gasteiger partial charge >= 0.3 is 6.03 Å². The van der Waals surface area contributed by atoms with Gasteiger partial charge in [0, 0.05) is 38.5 Å². The molecule has 0 saturated carbocycles. The molecule has 1 aliphatic rings. The summed E-state index contributed by atoms with van der Waals surface area (Å²) in [4.78, 5) is 31.5. The summed E-state index contributed by atoms with van der Waals surface area (Å²) in [7, 11) is 1.58. The van der Waals surface area contributed by atoms with Gasteiger partial charge in [-0.25, -0.2) is 9.18 Å². The van der Waals surface area contributed by atoms with Gasteiger partial charge in [-0.15, -0.1) is 0 Å². The minimum atomic E-state index is -0.511. The van der Waals surface area contributed by atoms with Crippen LogP contribution in [0, 0.1) is 5.82 Å². The molecule has 0 radical (unpaired) electrons. The van der Waals surface area contributed by atoms with Gasteiger partial charge in [0.25, 0.3) is 0 Å². The smallest absolute Gasteiger partial charge is 0.318 e. The topological polar surface area (TPSA) is 74.8 Å². The summed E-state index contributed by atoms with van der Waals surface area (Å²) in [5, 5.41) is 2.74. The van der Waals surface area contributed by atoms with E-state index in [0.29, 0.717) is 38.2 Å². The van der Waals surface area contributed by atoms with Crippen LogP contribution in [0.1, 0.15) is 24.9 Å². The van der Waals surface area contributed by atoms with E-state index < -0.39 is 11.9 Å². The monoisotopic (exact) mass is 338 g/mol. The zero-order valence-electron chi connectivity index (χ0n) is 14.0. The number of aromatic nitrogens is 1. The van der Waals surface area contributed by atoms with Gasteiger partial charge in [-0.2, -0.15) is 0 Å². The molecule has 2 rings (SSSR count). The molecule has 0 spiro atoms. The molecule has 2 heterocycles. The SMILES string of the molecule is COCCN1CCCN(C(=O)N[C@@H](C)c2ccncc2F)CC1=O. The van der Waals surface area contributed by atoms with E-state index in [1.54, 1.807) is 18.9 Å². The molecule has 1 aromatic heterocycles. The fraction of sp³-hybridized carbons (Fsp3) is 0.562. The number of carbonyl (C=O) groups excluding carboxylic acids is 2. The average Bonchev–Trinajstić information content (AvgIpc) is 2.74. The molecule has 0 aromatic carbocycles. The third-order valence-corrected chi connectivity index (χ3v) is 4.00. The van der Waals surface area contributed by atoms with Crippen LogP contribution < -0.4 is 5.32 Å². The minimum Gasteiger partial charge on any atom is -0.383 e. The largest absolute Gasteiger partial charge is 0.383 e. The molecule has 1 aromatic rings. The lowest BCUT2D eigenvalue weighted by molar-refractivity contribution is -0.131. The highest BCUT2D eigenvalue weighted by atomic mass is 19.1. The molecule has 3 amide bonds. The predicted octanol–water partition coefficient (Wildman–Crippen LogP) is 1.17. The molecule has 0 aliphatic carbocycles. The molecule has 7 nitrogen and oxygen atoms in total. The van der Waals surface area contributed by atoms with Crippen LogP contribution in [0.5, 0.6) is 0 Å². The van der Waals surface area contributed by atoms with Crippen LogP contribution in [0.4, 0.5) is 9.18 Å². The summed E-state index contributed by atoms with van der Waals surface area (Å²) in [5.41, 5.74) is 0.362. The van der Waals surface area contributed by atoms with Crippen LogP contribution >= 0.6 is 0 Å². The normalized spacial score (nSPS) is 16.7. The number of halogens is 1. The first-order chi connectivity index (χ1) is 11.5. The van der Waals surface area contributed by atoms with Crippen molar-refractivity contribution in [3.8, 4) is 0 Å². The highest BCUT2D eigenvalue weighted by Crippen LogP contribution is 2.15. The van der Waals surface area contributed by atoms with Gasteiger partial charge < -0.3 is 19.9 Å². The highest BCUT2D eigenvalue weighted by molar-refractivity contribution is 5.84. The van der Waals surface area contributed by atoms with Crippen molar-refractivity contribution in [2.75, 3.05) is 39.9 Å². The molecule has 8 heteroatoms. The second-order valence-electron chi connectivity index (χ2n) is 5.72. The highest BCUT2D eigenvalue weighted by Gasteiger charge is 2.25. The summed E-state index contributed by atoms with van der Waals surface area (Å²) < 4.78 is 18.7. The van der Waals surface area contributed by atoms with Crippen molar-refractivity contribution in [3.05, 3.63) is 29.8 Å². The Kier molecular flexibility index (Phi) is 6.48. The number of pyridine rings is 1. The van der Waals surface area contributed by atoms with Gasteiger partial charge in [0.1, 0.15) is 12.4 Å². The number of urea groups is 1. The first-order valence-corrected chi connectivity index (χ1v) is 7.94. The van der Waals surface area contributed by atoms with E-state index in [2.05, 4.69) is 10.3 Å². The van der Waals surface area contributed by atoms with Crippen LogP contribution in [0.2, 0.25) is 0 Å². The Morgan fingerprint density at radius 1 is 1.50 bits per heavy atom. The fourth-order valence-electron chi connectivity index (χ4n) is 2.62. The van der Waals surface area contributed by atoms with Crippen molar-refractivity contribution >= 4 is 11.9 Å². The van der Waals surface area contributed by atoms with Crippen LogP contribution in [-0.2, 0) is 9.53 Å². The lowest BCUT2D eigenvalue weighted by atomic mass is 10.1. The molecule has 24 heavy (non-hydrogen) atoms. The van der Waals surface area contributed by atoms with E-state index in [1.807, 2.05) is 0 Å². The number of amides is 3. The van der Waals surface area contributed by atoms with Crippen LogP contribution in [0.25, 0.3) is 0 Å². The predicted molar refractivity (Wildman–Crippen MR) is 85.8 cm³/mol. The number of methoxy groups -OCH3 is 1. The van der Waals surface area contributed by atoms with E-state index in [4.69, 9.17) is 4.74 Å². The third-order valence-electron chi connectivity index (χ3n) is 4.00. The van der Waals surface area contributed by atoms with E-state index in [1.165, 1.54) is 17.2 Å². The molecule has 0 bridgehead atoms. The Bertz CT molecular complexity index is 584. The first kappa shape index (κ1) is 18.1. The zero-order valence-corrected chi connectivity index (χ0v) is 14.0. The summed E-state index contributed by atoms with van der Waals surface area (Å²) in [6.45, 7) is 3.77. The molecular weight excluding hydrogens is 315 g/mol. The average molecular weight is 338 g/mol. The Hall–Kier alpha value is -2.22. The van der Waals surface area contributed by atoms with E-state index in [9.17, 15) is 14.0 Å². The fourth-order valence-corrected chi connectivity index (χ4v) is 2.62. The van der Waals surface area contributed by atoms with Gasteiger partial charge in [-0.1, -0.05) is 0 Å². The van der Waals surface area contributed by atoms with E-state index >= 15 is 0 Å². The van der Waals surface area contributed by atoms with Crippen molar-refractivity contribution < 1.29 is 18.7 Å². The number of nitrogens with zero attached hydrogens (tertiary/aromatic N) is 3. The molecule has 132 valence electrons. The second-order valence-corrected chi connectivity index (χ2v) is 5.72. The zero-order chi connectivity index (χ0) is 17.5. The lowest BCUT2D eigenvalue weighted by Gasteiger charge is -2.24. The molecule has 1 N–H and O–H groups in total. The lowest BCUT2D eigenvalue weighted by Crippen LogP contribution is -2.45. The van der Waals surface area contributed by atoms with Gasteiger partial charge in [0.05, 0.1) is 18.8 Å². The maximum Gasteiger partial charge on any atom is 0.318 e. The number of ether oxygens (including phenoxy) is 1. The number of hydrogen-bond acceptors (Lipinski definition) is 4. The van der Waals surface area contributed by atoms with Crippen LogP contribution in [0.15, 0.2) is 18.5 Å². The third kappa shape index (κ3) is 4.64. The molecule has 0 unspecified atom stereocenters. The number of rotatable bonds is 5.